The van der Waals surface area contributed by atoms with E-state index in [4.69, 9.17) is 9.47 Å². The molecule has 0 atom stereocenters. The van der Waals surface area contributed by atoms with Crippen molar-refractivity contribution in [2.24, 2.45) is 0 Å². The molecule has 1 rings (SSSR count). The van der Waals surface area contributed by atoms with Gasteiger partial charge in [0.05, 0.1) is 13.2 Å². The first-order valence-corrected chi connectivity index (χ1v) is 6.82. The molecule has 0 radical (unpaired) electrons. The Morgan fingerprint density at radius 1 is 1.25 bits per heavy atom. The molecule has 20 heavy (non-hydrogen) atoms. The van der Waals surface area contributed by atoms with Crippen LogP contribution in [0.1, 0.15) is 22.3 Å². The fourth-order valence-corrected chi connectivity index (χ4v) is 1.79. The number of benzene rings is 1. The van der Waals surface area contributed by atoms with Gasteiger partial charge in [0.25, 0.3) is 5.91 Å². The largest absolute Gasteiger partial charge is 0.388 e. The summed E-state index contributed by atoms with van der Waals surface area (Å²) in [6.07, 6.45) is 0.795. The number of carbonyl (C=O) groups excluding carboxylic acids is 1. The zero-order valence-electron chi connectivity index (χ0n) is 12.5. The number of amides is 1. The lowest BCUT2D eigenvalue weighted by Gasteiger charge is -2.09. The monoisotopic (exact) mass is 280 g/mol. The van der Waals surface area contributed by atoms with Crippen LogP contribution in [0, 0.1) is 6.92 Å². The van der Waals surface area contributed by atoms with Gasteiger partial charge < -0.3 is 20.1 Å². The second-order valence-corrected chi connectivity index (χ2v) is 4.49. The Bertz CT molecular complexity index is 422. The van der Waals surface area contributed by atoms with Crippen LogP contribution in [0.2, 0.25) is 0 Å². The standard InChI is InChI=1S/C15H24N2O3/c1-12-11-13(16-2)5-6-14(12)15(18)17-7-4-8-20-10-9-19-3/h5-6,11,16H,4,7-10H2,1-3H3,(H,17,18). The van der Waals surface area contributed by atoms with Gasteiger partial charge in [-0.25, -0.2) is 0 Å². The Kier molecular flexibility index (Phi) is 7.69. The SMILES string of the molecule is CNc1ccc(C(=O)NCCCOCCOC)c(C)c1. The molecular formula is C15H24N2O3. The van der Waals surface area contributed by atoms with Gasteiger partial charge >= 0.3 is 0 Å². The van der Waals surface area contributed by atoms with Crippen LogP contribution < -0.4 is 10.6 Å². The van der Waals surface area contributed by atoms with E-state index < -0.39 is 0 Å². The van der Waals surface area contributed by atoms with Crippen LogP contribution in [-0.4, -0.2) is 46.4 Å². The molecule has 0 aromatic heterocycles. The average Bonchev–Trinajstić information content (AvgIpc) is 2.45. The molecule has 0 aliphatic heterocycles. The number of hydrogen-bond donors (Lipinski definition) is 2. The number of anilines is 1. The first kappa shape index (κ1) is 16.5. The molecule has 2 N–H and O–H groups in total. The summed E-state index contributed by atoms with van der Waals surface area (Å²) < 4.78 is 10.2. The van der Waals surface area contributed by atoms with E-state index in [2.05, 4.69) is 10.6 Å². The van der Waals surface area contributed by atoms with E-state index in [0.717, 1.165) is 17.7 Å². The Morgan fingerprint density at radius 2 is 2.05 bits per heavy atom. The Balaban J connectivity index is 2.29. The third-order valence-corrected chi connectivity index (χ3v) is 2.94. The first-order valence-electron chi connectivity index (χ1n) is 6.82. The van der Waals surface area contributed by atoms with Crippen molar-refractivity contribution in [2.75, 3.05) is 45.8 Å². The third-order valence-electron chi connectivity index (χ3n) is 2.94. The highest BCUT2D eigenvalue weighted by Gasteiger charge is 2.08. The fraction of sp³-hybridized carbons (Fsp3) is 0.533. The number of hydrogen-bond acceptors (Lipinski definition) is 4. The summed E-state index contributed by atoms with van der Waals surface area (Å²) >= 11 is 0. The van der Waals surface area contributed by atoms with Crippen LogP contribution in [0.4, 0.5) is 5.69 Å². The topological polar surface area (TPSA) is 59.6 Å². The minimum atomic E-state index is -0.0398. The number of aryl methyl sites for hydroxylation is 1. The number of nitrogens with one attached hydrogen (secondary N) is 2. The van der Waals surface area contributed by atoms with Crippen LogP contribution in [0.25, 0.3) is 0 Å². The third kappa shape index (κ3) is 5.59. The summed E-state index contributed by atoms with van der Waals surface area (Å²) in [6.45, 7) is 4.36. The predicted octanol–water partition coefficient (Wildman–Crippen LogP) is 1.82. The molecule has 0 fully saturated rings. The molecule has 0 unspecified atom stereocenters. The quantitative estimate of drug-likeness (QED) is 0.677. The van der Waals surface area contributed by atoms with Gasteiger partial charge in [0.1, 0.15) is 0 Å². The maximum absolute atomic E-state index is 12.0. The Morgan fingerprint density at radius 3 is 2.70 bits per heavy atom. The van der Waals surface area contributed by atoms with Gasteiger partial charge in [0.15, 0.2) is 0 Å². The average molecular weight is 280 g/mol. The van der Waals surface area contributed by atoms with Crippen LogP contribution in [-0.2, 0) is 9.47 Å². The smallest absolute Gasteiger partial charge is 0.251 e. The van der Waals surface area contributed by atoms with E-state index >= 15 is 0 Å². The molecule has 1 amide bonds. The van der Waals surface area contributed by atoms with Gasteiger partial charge in [0, 0.05) is 38.6 Å². The maximum atomic E-state index is 12.0. The van der Waals surface area contributed by atoms with Gasteiger partial charge in [0.2, 0.25) is 0 Å². The van der Waals surface area contributed by atoms with Crippen LogP contribution in [0.3, 0.4) is 0 Å². The van der Waals surface area contributed by atoms with E-state index in [9.17, 15) is 4.79 Å². The van der Waals surface area contributed by atoms with E-state index in [0.29, 0.717) is 31.9 Å². The molecule has 0 aliphatic carbocycles. The zero-order chi connectivity index (χ0) is 14.8. The van der Waals surface area contributed by atoms with Crippen LogP contribution in [0.5, 0.6) is 0 Å². The molecule has 112 valence electrons. The maximum Gasteiger partial charge on any atom is 0.251 e. The Hall–Kier alpha value is -1.59. The van der Waals surface area contributed by atoms with E-state index in [1.165, 1.54) is 0 Å². The van der Waals surface area contributed by atoms with Crippen LogP contribution in [0.15, 0.2) is 18.2 Å². The zero-order valence-corrected chi connectivity index (χ0v) is 12.5. The van der Waals surface area contributed by atoms with Crippen LogP contribution >= 0.6 is 0 Å². The molecule has 1 aromatic carbocycles. The van der Waals surface area contributed by atoms with Crippen molar-refractivity contribution < 1.29 is 14.3 Å². The molecule has 0 aliphatic rings. The van der Waals surface area contributed by atoms with Crippen molar-refractivity contribution in [1.29, 1.82) is 0 Å². The molecule has 5 nitrogen and oxygen atoms in total. The van der Waals surface area contributed by atoms with E-state index in [1.807, 2.05) is 32.2 Å². The van der Waals surface area contributed by atoms with Gasteiger partial charge in [-0.15, -0.1) is 0 Å². The molecule has 5 heteroatoms. The number of methoxy groups -OCH3 is 1. The second-order valence-electron chi connectivity index (χ2n) is 4.49. The Labute approximate surface area is 120 Å². The van der Waals surface area contributed by atoms with E-state index in [1.54, 1.807) is 7.11 Å². The fourth-order valence-electron chi connectivity index (χ4n) is 1.79. The summed E-state index contributed by atoms with van der Waals surface area (Å²) in [6, 6.07) is 5.70. The van der Waals surface area contributed by atoms with Crippen molar-refractivity contribution >= 4 is 11.6 Å². The summed E-state index contributed by atoms with van der Waals surface area (Å²) in [4.78, 5) is 12.0. The lowest BCUT2D eigenvalue weighted by Crippen LogP contribution is -2.26. The summed E-state index contributed by atoms with van der Waals surface area (Å²) in [7, 11) is 3.50. The van der Waals surface area contributed by atoms with Crippen molar-refractivity contribution in [3.8, 4) is 0 Å². The van der Waals surface area contributed by atoms with Crippen molar-refractivity contribution in [3.05, 3.63) is 29.3 Å². The number of ether oxygens (including phenoxy) is 2. The highest BCUT2D eigenvalue weighted by molar-refractivity contribution is 5.96. The summed E-state index contributed by atoms with van der Waals surface area (Å²) in [5.74, 6) is -0.0398. The first-order chi connectivity index (χ1) is 9.69. The molecule has 0 heterocycles. The molecule has 1 aromatic rings. The summed E-state index contributed by atoms with van der Waals surface area (Å²) in [5, 5.41) is 5.95. The number of carbonyl (C=O) groups is 1. The number of rotatable bonds is 9. The lowest BCUT2D eigenvalue weighted by atomic mass is 10.1. The van der Waals surface area contributed by atoms with Gasteiger partial charge in [-0.3, -0.25) is 4.79 Å². The normalized spacial score (nSPS) is 10.3. The van der Waals surface area contributed by atoms with Crippen molar-refractivity contribution in [3.63, 3.8) is 0 Å². The molecular weight excluding hydrogens is 256 g/mol. The van der Waals surface area contributed by atoms with Gasteiger partial charge in [-0.1, -0.05) is 0 Å². The second kappa shape index (κ2) is 9.34. The predicted molar refractivity (Wildman–Crippen MR) is 80.4 cm³/mol. The van der Waals surface area contributed by atoms with E-state index in [-0.39, 0.29) is 5.91 Å². The molecule has 0 saturated carbocycles. The molecule has 0 spiro atoms. The minimum Gasteiger partial charge on any atom is -0.388 e. The molecule has 0 saturated heterocycles. The van der Waals surface area contributed by atoms with Gasteiger partial charge in [-0.05, 0) is 37.1 Å². The summed E-state index contributed by atoms with van der Waals surface area (Å²) in [5.41, 5.74) is 2.68. The highest BCUT2D eigenvalue weighted by Crippen LogP contribution is 2.14. The molecule has 0 bridgehead atoms. The van der Waals surface area contributed by atoms with Crippen molar-refractivity contribution in [1.82, 2.24) is 5.32 Å². The minimum absolute atomic E-state index is 0.0398. The van der Waals surface area contributed by atoms with Crippen molar-refractivity contribution in [2.45, 2.75) is 13.3 Å². The van der Waals surface area contributed by atoms with Gasteiger partial charge in [-0.2, -0.15) is 0 Å². The lowest BCUT2D eigenvalue weighted by molar-refractivity contribution is 0.0688. The highest BCUT2D eigenvalue weighted by atomic mass is 16.5.